The van der Waals surface area contributed by atoms with Crippen molar-refractivity contribution in [2.24, 2.45) is 0 Å². The van der Waals surface area contributed by atoms with Gasteiger partial charge >= 0.3 is 6.03 Å². The van der Waals surface area contributed by atoms with E-state index in [4.69, 9.17) is 0 Å². The fraction of sp³-hybridized carbons (Fsp3) is 0.158. The molecule has 0 unspecified atom stereocenters. The van der Waals surface area contributed by atoms with Crippen molar-refractivity contribution in [2.75, 3.05) is 6.54 Å². The van der Waals surface area contributed by atoms with Gasteiger partial charge in [0.25, 0.3) is 5.56 Å². The van der Waals surface area contributed by atoms with E-state index in [1.54, 1.807) is 0 Å². The zero-order valence-corrected chi connectivity index (χ0v) is 15.5. The molecule has 0 saturated heterocycles. The number of carbonyl (C=O) groups excluding carboxylic acids is 2. The molecule has 8 heteroatoms. The Morgan fingerprint density at radius 2 is 2.04 bits per heavy atom. The maximum Gasteiger partial charge on any atom is 0.321 e. The van der Waals surface area contributed by atoms with E-state index in [1.807, 2.05) is 36.6 Å². The molecule has 2 heterocycles. The molecular formula is C19H18N4O3S. The summed E-state index contributed by atoms with van der Waals surface area (Å²) >= 11 is 1.38. The molecule has 0 radical (unpaired) electrons. The molecule has 0 aliphatic heterocycles. The largest absolute Gasteiger partial charge is 0.334 e. The average molecular weight is 382 g/mol. The number of fused-ring (bicyclic) bond motifs is 1. The molecule has 3 rings (SSSR count). The summed E-state index contributed by atoms with van der Waals surface area (Å²) in [5.41, 5.74) is 2.50. The number of hydrogen-bond donors (Lipinski definition) is 2. The highest BCUT2D eigenvalue weighted by molar-refractivity contribution is 7.17. The van der Waals surface area contributed by atoms with Crippen molar-refractivity contribution < 1.29 is 9.59 Å². The molecule has 7 nitrogen and oxygen atoms in total. The van der Waals surface area contributed by atoms with Gasteiger partial charge in [0.1, 0.15) is 11.4 Å². The van der Waals surface area contributed by atoms with Crippen LogP contribution in [0.15, 0.2) is 53.4 Å². The highest BCUT2D eigenvalue weighted by atomic mass is 32.1. The highest BCUT2D eigenvalue weighted by Crippen LogP contribution is 2.30. The topological polar surface area (TPSA) is 93.1 Å². The number of hydrogen-bond acceptors (Lipinski definition) is 5. The van der Waals surface area contributed by atoms with Gasteiger partial charge in [-0.1, -0.05) is 35.9 Å². The summed E-state index contributed by atoms with van der Waals surface area (Å²) in [4.78, 5) is 41.3. The number of aryl methyl sites for hydroxylation is 1. The first-order valence-corrected chi connectivity index (χ1v) is 9.10. The molecule has 27 heavy (non-hydrogen) atoms. The minimum atomic E-state index is -0.641. The Morgan fingerprint density at radius 3 is 2.74 bits per heavy atom. The number of nitrogens with zero attached hydrogens (tertiary/aromatic N) is 2. The average Bonchev–Trinajstić information content (AvgIpc) is 3.08. The van der Waals surface area contributed by atoms with Gasteiger partial charge in [0.15, 0.2) is 0 Å². The first-order chi connectivity index (χ1) is 13.0. The highest BCUT2D eigenvalue weighted by Gasteiger charge is 2.15. The smallest absolute Gasteiger partial charge is 0.321 e. The Morgan fingerprint density at radius 1 is 1.30 bits per heavy atom. The molecular weight excluding hydrogens is 364 g/mol. The molecule has 0 bridgehead atoms. The molecule has 3 amide bonds. The van der Waals surface area contributed by atoms with Crippen LogP contribution in [0.2, 0.25) is 0 Å². The third kappa shape index (κ3) is 4.12. The van der Waals surface area contributed by atoms with Crippen molar-refractivity contribution in [3.8, 4) is 11.1 Å². The predicted octanol–water partition coefficient (Wildman–Crippen LogP) is 2.45. The van der Waals surface area contributed by atoms with E-state index in [0.717, 1.165) is 16.7 Å². The van der Waals surface area contributed by atoms with E-state index in [9.17, 15) is 14.4 Å². The lowest BCUT2D eigenvalue weighted by Crippen LogP contribution is -2.42. The van der Waals surface area contributed by atoms with Gasteiger partial charge in [-0.15, -0.1) is 17.9 Å². The van der Waals surface area contributed by atoms with Gasteiger partial charge in [-0.25, -0.2) is 9.78 Å². The number of amides is 3. The van der Waals surface area contributed by atoms with Crippen LogP contribution in [0.25, 0.3) is 21.3 Å². The third-order valence-corrected chi connectivity index (χ3v) is 4.78. The lowest BCUT2D eigenvalue weighted by atomic mass is 10.1. The molecule has 0 spiro atoms. The van der Waals surface area contributed by atoms with E-state index in [2.05, 4.69) is 22.2 Å². The lowest BCUT2D eigenvalue weighted by Gasteiger charge is -2.07. The number of nitrogens with one attached hydrogen (secondary N) is 2. The van der Waals surface area contributed by atoms with Crippen LogP contribution in [-0.2, 0) is 11.3 Å². The Bertz CT molecular complexity index is 1070. The Hall–Kier alpha value is -3.26. The second-order valence-corrected chi connectivity index (χ2v) is 6.78. The van der Waals surface area contributed by atoms with Crippen LogP contribution in [0, 0.1) is 6.92 Å². The first-order valence-electron chi connectivity index (χ1n) is 8.22. The van der Waals surface area contributed by atoms with E-state index in [-0.39, 0.29) is 18.6 Å². The maximum atomic E-state index is 12.9. The molecule has 138 valence electrons. The van der Waals surface area contributed by atoms with Crippen molar-refractivity contribution in [2.45, 2.75) is 13.5 Å². The van der Waals surface area contributed by atoms with Gasteiger partial charge in [0.2, 0.25) is 5.91 Å². The van der Waals surface area contributed by atoms with Crippen LogP contribution in [0.1, 0.15) is 5.56 Å². The Kier molecular flexibility index (Phi) is 5.46. The number of thiophene rings is 1. The van der Waals surface area contributed by atoms with Crippen LogP contribution in [0.4, 0.5) is 4.79 Å². The molecule has 3 aromatic rings. The minimum absolute atomic E-state index is 0.237. The second-order valence-electron chi connectivity index (χ2n) is 5.92. The van der Waals surface area contributed by atoms with Crippen molar-refractivity contribution >= 4 is 33.5 Å². The number of benzene rings is 1. The van der Waals surface area contributed by atoms with Crippen molar-refractivity contribution in [3.05, 3.63) is 64.5 Å². The van der Waals surface area contributed by atoms with E-state index in [1.165, 1.54) is 28.3 Å². The zero-order chi connectivity index (χ0) is 19.4. The molecule has 1 aromatic carbocycles. The molecule has 0 fully saturated rings. The quantitative estimate of drug-likeness (QED) is 0.663. The summed E-state index contributed by atoms with van der Waals surface area (Å²) in [6.45, 7) is 5.41. The van der Waals surface area contributed by atoms with Gasteiger partial charge in [-0.05, 0) is 12.5 Å². The second kappa shape index (κ2) is 7.96. The maximum absolute atomic E-state index is 12.9. The number of urea groups is 1. The van der Waals surface area contributed by atoms with Crippen LogP contribution < -0.4 is 16.2 Å². The van der Waals surface area contributed by atoms with Crippen LogP contribution >= 0.6 is 11.3 Å². The molecule has 0 saturated carbocycles. The van der Waals surface area contributed by atoms with Crippen LogP contribution in [0.5, 0.6) is 0 Å². The summed E-state index contributed by atoms with van der Waals surface area (Å²) in [5.74, 6) is -0.605. The zero-order valence-electron chi connectivity index (χ0n) is 14.7. The number of aromatic nitrogens is 2. The normalized spacial score (nSPS) is 10.6. The SMILES string of the molecule is C=CCNC(=O)NC(=O)Cn1cnc2scc(-c3ccc(C)cc3)c2c1=O. The van der Waals surface area contributed by atoms with Gasteiger partial charge in [-0.2, -0.15) is 0 Å². The number of imide groups is 1. The minimum Gasteiger partial charge on any atom is -0.334 e. The van der Waals surface area contributed by atoms with Crippen molar-refractivity contribution in [3.63, 3.8) is 0 Å². The lowest BCUT2D eigenvalue weighted by molar-refractivity contribution is -0.120. The molecule has 0 aliphatic rings. The van der Waals surface area contributed by atoms with Crippen molar-refractivity contribution in [1.82, 2.24) is 20.2 Å². The number of rotatable bonds is 5. The third-order valence-electron chi connectivity index (χ3n) is 3.90. The van der Waals surface area contributed by atoms with E-state index >= 15 is 0 Å². The van der Waals surface area contributed by atoms with Gasteiger partial charge in [0, 0.05) is 17.5 Å². The van der Waals surface area contributed by atoms with Gasteiger partial charge in [-0.3, -0.25) is 19.5 Å². The van der Waals surface area contributed by atoms with Gasteiger partial charge in [0.05, 0.1) is 11.7 Å². The van der Waals surface area contributed by atoms with E-state index in [0.29, 0.717) is 10.2 Å². The summed E-state index contributed by atoms with van der Waals surface area (Å²) < 4.78 is 1.20. The van der Waals surface area contributed by atoms with Crippen LogP contribution in [-0.4, -0.2) is 28.0 Å². The first kappa shape index (κ1) is 18.5. The van der Waals surface area contributed by atoms with Crippen molar-refractivity contribution in [1.29, 1.82) is 0 Å². The fourth-order valence-electron chi connectivity index (χ4n) is 2.56. The number of carbonyl (C=O) groups is 2. The molecule has 2 N–H and O–H groups in total. The Balaban J connectivity index is 1.88. The Labute approximate surface area is 159 Å². The molecule has 0 aliphatic carbocycles. The summed E-state index contributed by atoms with van der Waals surface area (Å²) in [6, 6.07) is 7.21. The van der Waals surface area contributed by atoms with Gasteiger partial charge < -0.3 is 5.32 Å². The summed E-state index contributed by atoms with van der Waals surface area (Å²) in [7, 11) is 0. The molecule has 0 atom stereocenters. The monoisotopic (exact) mass is 382 g/mol. The van der Waals surface area contributed by atoms with Crippen LogP contribution in [0.3, 0.4) is 0 Å². The summed E-state index contributed by atoms with van der Waals surface area (Å²) in [5, 5.41) is 6.95. The van der Waals surface area contributed by atoms with E-state index < -0.39 is 11.9 Å². The predicted molar refractivity (Wildman–Crippen MR) is 106 cm³/mol. The molecule has 2 aromatic heterocycles. The fourth-order valence-corrected chi connectivity index (χ4v) is 3.46. The summed E-state index contributed by atoms with van der Waals surface area (Å²) in [6.07, 6.45) is 2.82. The standard InChI is InChI=1S/C19H18N4O3S/c1-3-8-20-19(26)22-15(24)9-23-11-21-17-16(18(23)25)14(10-27-17)13-6-4-12(2)5-7-13/h3-7,10-11H,1,8-9H2,2H3,(H2,20,22,24,26).